The van der Waals surface area contributed by atoms with E-state index in [4.69, 9.17) is 10.5 Å². The molecule has 1 heterocycles. The molecule has 0 saturated carbocycles. The first-order valence-electron chi connectivity index (χ1n) is 5.54. The lowest BCUT2D eigenvalue weighted by molar-refractivity contribution is 0.415. The van der Waals surface area contributed by atoms with Crippen LogP contribution in [0.1, 0.15) is 11.4 Å². The summed E-state index contributed by atoms with van der Waals surface area (Å²) in [4.78, 5) is 4.55. The number of imidazole rings is 1. The number of ether oxygens (including phenoxy) is 1. The first-order valence-corrected chi connectivity index (χ1v) is 5.54. The number of benzene rings is 1. The van der Waals surface area contributed by atoms with E-state index in [1.807, 2.05) is 42.8 Å². The van der Waals surface area contributed by atoms with Gasteiger partial charge in [0.1, 0.15) is 11.6 Å². The van der Waals surface area contributed by atoms with Gasteiger partial charge in [-0.05, 0) is 19.1 Å². The summed E-state index contributed by atoms with van der Waals surface area (Å²) in [6.07, 6.45) is 0. The van der Waals surface area contributed by atoms with Gasteiger partial charge in [-0.25, -0.2) is 4.98 Å². The molecule has 1 aromatic heterocycles. The molecular formula is C13H17N3O. The molecule has 0 aliphatic carbocycles. The molecule has 1 aromatic carbocycles. The van der Waals surface area contributed by atoms with Gasteiger partial charge < -0.3 is 15.0 Å². The molecule has 2 rings (SSSR count). The molecule has 2 N–H and O–H groups in total. The van der Waals surface area contributed by atoms with Crippen LogP contribution in [-0.2, 0) is 13.6 Å². The molecule has 0 unspecified atom stereocenters. The van der Waals surface area contributed by atoms with Gasteiger partial charge in [0.2, 0.25) is 0 Å². The molecule has 0 aliphatic rings. The zero-order chi connectivity index (χ0) is 12.4. The first-order chi connectivity index (χ1) is 8.17. The summed E-state index contributed by atoms with van der Waals surface area (Å²) < 4.78 is 7.25. The van der Waals surface area contributed by atoms with E-state index in [-0.39, 0.29) is 0 Å². The molecule has 0 spiro atoms. The topological polar surface area (TPSA) is 53.1 Å². The van der Waals surface area contributed by atoms with E-state index in [0.29, 0.717) is 6.54 Å². The van der Waals surface area contributed by atoms with Gasteiger partial charge in [0.25, 0.3) is 0 Å². The molecule has 0 atom stereocenters. The van der Waals surface area contributed by atoms with Crippen LogP contribution in [0, 0.1) is 6.92 Å². The van der Waals surface area contributed by atoms with Gasteiger partial charge in [-0.15, -0.1) is 0 Å². The third kappa shape index (κ3) is 2.03. The summed E-state index contributed by atoms with van der Waals surface area (Å²) in [5.41, 5.74) is 8.79. The van der Waals surface area contributed by atoms with Gasteiger partial charge in [-0.3, -0.25) is 0 Å². The van der Waals surface area contributed by atoms with E-state index in [1.165, 1.54) is 0 Å². The van der Waals surface area contributed by atoms with Crippen molar-refractivity contribution in [1.82, 2.24) is 9.55 Å². The molecule has 0 radical (unpaired) electrons. The second kappa shape index (κ2) is 4.59. The maximum Gasteiger partial charge on any atom is 0.140 e. The lowest BCUT2D eigenvalue weighted by Gasteiger charge is -2.06. The van der Waals surface area contributed by atoms with E-state index in [9.17, 15) is 0 Å². The van der Waals surface area contributed by atoms with Crippen molar-refractivity contribution in [3.63, 3.8) is 0 Å². The summed E-state index contributed by atoms with van der Waals surface area (Å²) in [5, 5.41) is 0. The Labute approximate surface area is 101 Å². The lowest BCUT2D eigenvalue weighted by atomic mass is 10.2. The normalized spacial score (nSPS) is 10.6. The lowest BCUT2D eigenvalue weighted by Crippen LogP contribution is -2.05. The van der Waals surface area contributed by atoms with Gasteiger partial charge >= 0.3 is 0 Å². The number of nitrogens with two attached hydrogens (primary N) is 1. The second-order valence-corrected chi connectivity index (χ2v) is 3.96. The highest BCUT2D eigenvalue weighted by atomic mass is 16.5. The number of nitrogens with zero attached hydrogens (tertiary/aromatic N) is 2. The Balaban J connectivity index is 2.52. The summed E-state index contributed by atoms with van der Waals surface area (Å²) in [6.45, 7) is 2.48. The van der Waals surface area contributed by atoms with Crippen molar-refractivity contribution >= 4 is 0 Å². The Bertz CT molecular complexity index is 531. The number of methoxy groups -OCH3 is 1. The van der Waals surface area contributed by atoms with Crippen molar-refractivity contribution in [1.29, 1.82) is 0 Å². The van der Waals surface area contributed by atoms with Crippen LogP contribution in [0.5, 0.6) is 5.75 Å². The SMILES string of the molecule is COc1cccc(-c2nc(C)c(CN)n2C)c1. The van der Waals surface area contributed by atoms with E-state index in [2.05, 4.69) is 4.98 Å². The molecule has 0 bridgehead atoms. The fourth-order valence-electron chi connectivity index (χ4n) is 1.97. The van der Waals surface area contributed by atoms with Crippen molar-refractivity contribution in [3.8, 4) is 17.1 Å². The van der Waals surface area contributed by atoms with Gasteiger partial charge in [0.15, 0.2) is 0 Å². The monoisotopic (exact) mass is 231 g/mol. The minimum atomic E-state index is 0.499. The van der Waals surface area contributed by atoms with Crippen LogP contribution in [-0.4, -0.2) is 16.7 Å². The smallest absolute Gasteiger partial charge is 0.140 e. The van der Waals surface area contributed by atoms with Crippen LogP contribution in [0.15, 0.2) is 24.3 Å². The van der Waals surface area contributed by atoms with Crippen molar-refractivity contribution in [2.24, 2.45) is 12.8 Å². The Kier molecular flexibility index (Phi) is 3.15. The van der Waals surface area contributed by atoms with Crippen LogP contribution in [0.3, 0.4) is 0 Å². The molecule has 0 aliphatic heterocycles. The fraction of sp³-hybridized carbons (Fsp3) is 0.308. The van der Waals surface area contributed by atoms with Gasteiger partial charge in [0, 0.05) is 19.2 Å². The Morgan fingerprint density at radius 3 is 2.76 bits per heavy atom. The molecule has 4 heteroatoms. The number of rotatable bonds is 3. The fourth-order valence-corrected chi connectivity index (χ4v) is 1.97. The molecule has 0 saturated heterocycles. The van der Waals surface area contributed by atoms with Crippen LogP contribution >= 0.6 is 0 Å². The molecular weight excluding hydrogens is 214 g/mol. The highest BCUT2D eigenvalue weighted by Crippen LogP contribution is 2.24. The summed E-state index contributed by atoms with van der Waals surface area (Å²) in [5.74, 6) is 1.75. The third-order valence-electron chi connectivity index (χ3n) is 2.94. The van der Waals surface area contributed by atoms with Crippen LogP contribution in [0.25, 0.3) is 11.4 Å². The Hall–Kier alpha value is -1.81. The van der Waals surface area contributed by atoms with E-state index in [0.717, 1.165) is 28.5 Å². The minimum absolute atomic E-state index is 0.499. The molecule has 0 amide bonds. The highest BCUT2D eigenvalue weighted by molar-refractivity contribution is 5.59. The molecule has 4 nitrogen and oxygen atoms in total. The van der Waals surface area contributed by atoms with Crippen LogP contribution in [0.2, 0.25) is 0 Å². The van der Waals surface area contributed by atoms with E-state index in [1.54, 1.807) is 7.11 Å². The maximum absolute atomic E-state index is 5.71. The Morgan fingerprint density at radius 2 is 2.18 bits per heavy atom. The molecule has 2 aromatic rings. The summed E-state index contributed by atoms with van der Waals surface area (Å²) in [7, 11) is 3.64. The molecule has 17 heavy (non-hydrogen) atoms. The Morgan fingerprint density at radius 1 is 1.41 bits per heavy atom. The quantitative estimate of drug-likeness (QED) is 0.877. The predicted octanol–water partition coefficient (Wildman–Crippen LogP) is 1.86. The first kappa shape index (κ1) is 11.7. The number of aromatic nitrogens is 2. The third-order valence-corrected chi connectivity index (χ3v) is 2.94. The summed E-state index contributed by atoms with van der Waals surface area (Å²) >= 11 is 0. The second-order valence-electron chi connectivity index (χ2n) is 3.96. The van der Waals surface area contributed by atoms with Gasteiger partial charge in [-0.1, -0.05) is 12.1 Å². The summed E-state index contributed by atoms with van der Waals surface area (Å²) in [6, 6.07) is 7.87. The maximum atomic E-state index is 5.71. The van der Waals surface area contributed by atoms with E-state index >= 15 is 0 Å². The standard InChI is InChI=1S/C13H17N3O/c1-9-12(8-14)16(2)13(15-9)10-5-4-6-11(7-10)17-3/h4-7H,8,14H2,1-3H3. The minimum Gasteiger partial charge on any atom is -0.497 e. The highest BCUT2D eigenvalue weighted by Gasteiger charge is 2.12. The van der Waals surface area contributed by atoms with Crippen LogP contribution in [0.4, 0.5) is 0 Å². The average Bonchev–Trinajstić information content (AvgIpc) is 2.64. The zero-order valence-corrected chi connectivity index (χ0v) is 10.4. The van der Waals surface area contributed by atoms with Crippen LogP contribution < -0.4 is 10.5 Å². The predicted molar refractivity (Wildman–Crippen MR) is 67.8 cm³/mol. The number of hydrogen-bond acceptors (Lipinski definition) is 3. The largest absolute Gasteiger partial charge is 0.497 e. The van der Waals surface area contributed by atoms with Gasteiger partial charge in [0.05, 0.1) is 18.5 Å². The average molecular weight is 231 g/mol. The number of aryl methyl sites for hydroxylation is 1. The van der Waals surface area contributed by atoms with Crippen molar-refractivity contribution in [2.75, 3.05) is 7.11 Å². The van der Waals surface area contributed by atoms with Crippen molar-refractivity contribution in [2.45, 2.75) is 13.5 Å². The van der Waals surface area contributed by atoms with E-state index < -0.39 is 0 Å². The molecule has 90 valence electrons. The number of hydrogen-bond donors (Lipinski definition) is 1. The molecule has 0 fully saturated rings. The zero-order valence-electron chi connectivity index (χ0n) is 10.4. The van der Waals surface area contributed by atoms with Crippen molar-refractivity contribution < 1.29 is 4.74 Å². The van der Waals surface area contributed by atoms with Gasteiger partial charge in [-0.2, -0.15) is 0 Å². The van der Waals surface area contributed by atoms with Crippen molar-refractivity contribution in [3.05, 3.63) is 35.7 Å².